The first-order chi connectivity index (χ1) is 8.36. The van der Waals surface area contributed by atoms with Gasteiger partial charge in [-0.25, -0.2) is 17.9 Å². The summed E-state index contributed by atoms with van der Waals surface area (Å²) in [6, 6.07) is 5.66. The second kappa shape index (κ2) is 5.79. The molecule has 6 heteroatoms. The van der Waals surface area contributed by atoms with Gasteiger partial charge in [0.25, 0.3) is 0 Å². The van der Waals surface area contributed by atoms with Crippen molar-refractivity contribution in [1.82, 2.24) is 4.72 Å². The predicted molar refractivity (Wildman–Crippen MR) is 67.8 cm³/mol. The van der Waals surface area contributed by atoms with Crippen molar-refractivity contribution in [1.29, 1.82) is 0 Å². The Labute approximate surface area is 107 Å². The van der Waals surface area contributed by atoms with E-state index in [4.69, 9.17) is 0 Å². The number of hydrogen-bond acceptors (Lipinski definition) is 4. The molecule has 0 amide bonds. The van der Waals surface area contributed by atoms with E-state index in [1.807, 2.05) is 0 Å². The van der Waals surface area contributed by atoms with Crippen molar-refractivity contribution < 1.29 is 17.9 Å². The second-order valence-corrected chi connectivity index (χ2v) is 5.57. The summed E-state index contributed by atoms with van der Waals surface area (Å²) >= 11 is 0. The van der Waals surface area contributed by atoms with Crippen LogP contribution in [0.2, 0.25) is 0 Å². The third-order valence-electron chi connectivity index (χ3n) is 2.13. The number of esters is 1. The predicted octanol–water partition coefficient (Wildman–Crippen LogP) is 1.33. The van der Waals surface area contributed by atoms with Crippen molar-refractivity contribution in [2.75, 3.05) is 13.7 Å². The second-order valence-electron chi connectivity index (χ2n) is 3.80. The average Bonchev–Trinajstić information content (AvgIpc) is 2.35. The van der Waals surface area contributed by atoms with Crippen LogP contribution >= 0.6 is 0 Å². The Balaban J connectivity index is 3.02. The van der Waals surface area contributed by atoms with E-state index in [1.165, 1.54) is 31.4 Å². The highest BCUT2D eigenvalue weighted by molar-refractivity contribution is 7.89. The molecule has 0 aliphatic heterocycles. The van der Waals surface area contributed by atoms with Gasteiger partial charge < -0.3 is 4.74 Å². The van der Waals surface area contributed by atoms with E-state index in [1.54, 1.807) is 6.92 Å². The minimum atomic E-state index is -3.64. The molecule has 0 spiro atoms. The third kappa shape index (κ3) is 3.68. The summed E-state index contributed by atoms with van der Waals surface area (Å²) in [5, 5.41) is 0. The van der Waals surface area contributed by atoms with E-state index >= 15 is 0 Å². The largest absolute Gasteiger partial charge is 0.465 e. The van der Waals surface area contributed by atoms with Crippen LogP contribution in [0.3, 0.4) is 0 Å². The Morgan fingerprint density at radius 1 is 1.44 bits per heavy atom. The first kappa shape index (κ1) is 14.4. The molecule has 0 aromatic heterocycles. The summed E-state index contributed by atoms with van der Waals surface area (Å²) in [5.74, 6) is -0.577. The van der Waals surface area contributed by atoms with Gasteiger partial charge in [-0.1, -0.05) is 18.2 Å². The lowest BCUT2D eigenvalue weighted by Gasteiger charge is -2.07. The maximum absolute atomic E-state index is 11.9. The van der Waals surface area contributed by atoms with Crippen LogP contribution in [-0.4, -0.2) is 28.0 Å². The highest BCUT2D eigenvalue weighted by atomic mass is 32.2. The number of nitrogens with one attached hydrogen (secondary N) is 1. The fraction of sp³-hybridized carbons (Fsp3) is 0.250. The molecule has 0 fully saturated rings. The number of carbonyl (C=O) groups is 1. The molecule has 0 atom stereocenters. The van der Waals surface area contributed by atoms with Gasteiger partial charge in [0.15, 0.2) is 0 Å². The van der Waals surface area contributed by atoms with Gasteiger partial charge in [-0.15, -0.1) is 0 Å². The molecule has 18 heavy (non-hydrogen) atoms. The summed E-state index contributed by atoms with van der Waals surface area (Å²) in [6.07, 6.45) is 0. The zero-order valence-corrected chi connectivity index (χ0v) is 11.1. The first-order valence-electron chi connectivity index (χ1n) is 5.19. The summed E-state index contributed by atoms with van der Waals surface area (Å²) in [7, 11) is -2.40. The lowest BCUT2D eigenvalue weighted by molar-refractivity contribution is 0.0600. The Bertz CT molecular complexity index is 563. The fourth-order valence-corrected chi connectivity index (χ4v) is 2.35. The zero-order chi connectivity index (χ0) is 13.8. The smallest absolute Gasteiger partial charge is 0.337 e. The monoisotopic (exact) mass is 269 g/mol. The molecule has 0 unspecified atom stereocenters. The van der Waals surface area contributed by atoms with E-state index < -0.39 is 16.0 Å². The van der Waals surface area contributed by atoms with Gasteiger partial charge in [-0.2, -0.15) is 0 Å². The normalized spacial score (nSPS) is 11.0. The summed E-state index contributed by atoms with van der Waals surface area (Å²) in [6.45, 7) is 5.48. The molecular weight excluding hydrogens is 254 g/mol. The van der Waals surface area contributed by atoms with Crippen LogP contribution < -0.4 is 4.72 Å². The van der Waals surface area contributed by atoms with Crippen LogP contribution in [0, 0.1) is 0 Å². The van der Waals surface area contributed by atoms with Crippen LogP contribution in [0.5, 0.6) is 0 Å². The van der Waals surface area contributed by atoms with E-state index in [-0.39, 0.29) is 17.0 Å². The van der Waals surface area contributed by atoms with Gasteiger partial charge in [-0.05, 0) is 25.1 Å². The van der Waals surface area contributed by atoms with Gasteiger partial charge in [0.2, 0.25) is 10.0 Å². The molecule has 0 aliphatic rings. The van der Waals surface area contributed by atoms with Crippen LogP contribution in [0.4, 0.5) is 0 Å². The zero-order valence-electron chi connectivity index (χ0n) is 10.3. The number of methoxy groups -OCH3 is 1. The number of sulfonamides is 1. The third-order valence-corrected chi connectivity index (χ3v) is 3.53. The van der Waals surface area contributed by atoms with Crippen molar-refractivity contribution in [2.24, 2.45) is 0 Å². The van der Waals surface area contributed by atoms with E-state index in [0.29, 0.717) is 5.57 Å². The van der Waals surface area contributed by atoms with Crippen molar-refractivity contribution in [3.8, 4) is 0 Å². The Kier molecular flexibility index (Phi) is 4.63. The van der Waals surface area contributed by atoms with Crippen molar-refractivity contribution in [3.05, 3.63) is 42.0 Å². The van der Waals surface area contributed by atoms with Gasteiger partial charge >= 0.3 is 5.97 Å². The van der Waals surface area contributed by atoms with E-state index in [0.717, 1.165) is 0 Å². The average molecular weight is 269 g/mol. The molecular formula is C12H15NO4S. The summed E-state index contributed by atoms with van der Waals surface area (Å²) in [5.41, 5.74) is 0.887. The van der Waals surface area contributed by atoms with E-state index in [2.05, 4.69) is 16.0 Å². The molecule has 0 radical (unpaired) electrons. The summed E-state index contributed by atoms with van der Waals surface area (Å²) < 4.78 is 30.7. The standard InChI is InChI=1S/C12H15NO4S/c1-9(2)8-13-18(15,16)11-6-4-5-10(7-11)12(14)17-3/h4-7,13H,1,8H2,2-3H3. The number of carbonyl (C=O) groups excluding carboxylic acids is 1. The van der Waals surface area contributed by atoms with Crippen molar-refractivity contribution in [2.45, 2.75) is 11.8 Å². The van der Waals surface area contributed by atoms with Gasteiger partial charge in [-0.3, -0.25) is 0 Å². The van der Waals surface area contributed by atoms with Crippen LogP contribution in [0.1, 0.15) is 17.3 Å². The highest BCUT2D eigenvalue weighted by Crippen LogP contribution is 2.12. The molecule has 1 aromatic rings. The van der Waals surface area contributed by atoms with Gasteiger partial charge in [0, 0.05) is 6.54 Å². The minimum Gasteiger partial charge on any atom is -0.465 e. The molecule has 0 heterocycles. The maximum atomic E-state index is 11.9. The SMILES string of the molecule is C=C(C)CNS(=O)(=O)c1cccc(C(=O)OC)c1. The molecule has 0 saturated carbocycles. The lowest BCUT2D eigenvalue weighted by Crippen LogP contribution is -2.25. The lowest BCUT2D eigenvalue weighted by atomic mass is 10.2. The van der Waals surface area contributed by atoms with E-state index in [9.17, 15) is 13.2 Å². The number of rotatable bonds is 5. The molecule has 0 aliphatic carbocycles. The fourth-order valence-electron chi connectivity index (χ4n) is 1.21. The molecule has 1 N–H and O–H groups in total. The Morgan fingerprint density at radius 3 is 2.67 bits per heavy atom. The maximum Gasteiger partial charge on any atom is 0.337 e. The molecule has 1 aromatic carbocycles. The molecule has 5 nitrogen and oxygen atoms in total. The van der Waals surface area contributed by atoms with Crippen LogP contribution in [0.15, 0.2) is 41.3 Å². The quantitative estimate of drug-likeness (QED) is 0.646. The number of ether oxygens (including phenoxy) is 1. The molecule has 0 saturated heterocycles. The number of hydrogen-bond donors (Lipinski definition) is 1. The first-order valence-corrected chi connectivity index (χ1v) is 6.67. The number of benzene rings is 1. The molecule has 98 valence electrons. The van der Waals surface area contributed by atoms with Gasteiger partial charge in [0.1, 0.15) is 0 Å². The van der Waals surface area contributed by atoms with Crippen molar-refractivity contribution >= 4 is 16.0 Å². The van der Waals surface area contributed by atoms with Crippen LogP contribution in [0.25, 0.3) is 0 Å². The summed E-state index contributed by atoms with van der Waals surface area (Å²) in [4.78, 5) is 11.3. The Hall–Kier alpha value is -1.66. The minimum absolute atomic E-state index is 0.0200. The van der Waals surface area contributed by atoms with Crippen LogP contribution in [-0.2, 0) is 14.8 Å². The topological polar surface area (TPSA) is 72.5 Å². The Morgan fingerprint density at radius 2 is 2.11 bits per heavy atom. The molecule has 0 bridgehead atoms. The highest BCUT2D eigenvalue weighted by Gasteiger charge is 2.15. The molecule has 1 rings (SSSR count). The van der Waals surface area contributed by atoms with Crippen molar-refractivity contribution in [3.63, 3.8) is 0 Å². The van der Waals surface area contributed by atoms with Gasteiger partial charge in [0.05, 0.1) is 17.6 Å².